The number of amides is 1. The summed E-state index contributed by atoms with van der Waals surface area (Å²) in [6, 6.07) is 8.11. The van der Waals surface area contributed by atoms with E-state index >= 15 is 0 Å². The SMILES string of the molecule is CC(=O)N1CCc2nc(C)n(C3C[C@H]4CC[C@@H](C3)N4CC[C@H](N)c3cccc(F)c3)c2C1. The second kappa shape index (κ2) is 8.60. The number of rotatable bonds is 5. The van der Waals surface area contributed by atoms with E-state index in [-0.39, 0.29) is 17.8 Å². The minimum Gasteiger partial charge on any atom is -0.337 e. The molecule has 2 saturated heterocycles. The van der Waals surface area contributed by atoms with Gasteiger partial charge in [-0.2, -0.15) is 0 Å². The molecular weight excluding hydrogens is 405 g/mol. The number of carbonyl (C=O) groups is 1. The lowest BCUT2D eigenvalue weighted by atomic mass is 9.95. The molecule has 0 aliphatic carbocycles. The number of imidazole rings is 1. The van der Waals surface area contributed by atoms with E-state index < -0.39 is 0 Å². The average Bonchev–Trinajstić information content (AvgIpc) is 3.22. The Hall–Kier alpha value is -2.25. The van der Waals surface area contributed by atoms with E-state index in [1.165, 1.54) is 30.3 Å². The first kappa shape index (κ1) is 21.6. The highest BCUT2D eigenvalue weighted by atomic mass is 19.1. The van der Waals surface area contributed by atoms with Crippen LogP contribution in [-0.2, 0) is 17.8 Å². The molecule has 1 aromatic carbocycles. The number of nitrogens with zero attached hydrogens (tertiary/aromatic N) is 4. The van der Waals surface area contributed by atoms with Crippen LogP contribution < -0.4 is 5.73 Å². The standard InChI is InChI=1S/C25H34FN5O/c1-16-28-24-9-10-29(17(2)32)15-25(24)31(16)22-13-20-6-7-21(14-22)30(20)11-8-23(27)18-4-3-5-19(26)12-18/h3-5,12,20-23H,6-11,13-15,27H2,1-2H3/t20-,21+,22?,23-/m0/s1. The van der Waals surface area contributed by atoms with Crippen molar-refractivity contribution < 1.29 is 9.18 Å². The second-order valence-corrected chi connectivity index (χ2v) is 9.81. The van der Waals surface area contributed by atoms with Crippen molar-refractivity contribution in [2.24, 2.45) is 5.73 Å². The minimum atomic E-state index is -0.221. The number of aryl methyl sites for hydroxylation is 1. The lowest BCUT2D eigenvalue weighted by molar-refractivity contribution is -0.129. The molecule has 2 N–H and O–H groups in total. The summed E-state index contributed by atoms with van der Waals surface area (Å²) in [4.78, 5) is 21.4. The van der Waals surface area contributed by atoms with Gasteiger partial charge in [0.25, 0.3) is 0 Å². The topological polar surface area (TPSA) is 67.4 Å². The number of halogens is 1. The number of hydrogen-bond acceptors (Lipinski definition) is 4. The zero-order valence-corrected chi connectivity index (χ0v) is 19.1. The van der Waals surface area contributed by atoms with Crippen molar-refractivity contribution in [2.45, 2.75) is 83.1 Å². The van der Waals surface area contributed by atoms with E-state index in [1.54, 1.807) is 19.1 Å². The molecule has 7 heteroatoms. The highest BCUT2D eigenvalue weighted by Crippen LogP contribution is 2.42. The molecule has 4 atom stereocenters. The predicted octanol–water partition coefficient (Wildman–Crippen LogP) is 3.49. The van der Waals surface area contributed by atoms with Gasteiger partial charge in [0.2, 0.25) is 5.91 Å². The van der Waals surface area contributed by atoms with Gasteiger partial charge in [-0.15, -0.1) is 0 Å². The van der Waals surface area contributed by atoms with Gasteiger partial charge in [0.15, 0.2) is 0 Å². The van der Waals surface area contributed by atoms with Crippen molar-refractivity contribution in [2.75, 3.05) is 13.1 Å². The maximum atomic E-state index is 13.6. The number of carbonyl (C=O) groups excluding carboxylic acids is 1. The maximum absolute atomic E-state index is 13.6. The Balaban J connectivity index is 1.27. The van der Waals surface area contributed by atoms with Crippen molar-refractivity contribution in [3.05, 3.63) is 52.9 Å². The summed E-state index contributed by atoms with van der Waals surface area (Å²) in [5, 5.41) is 0. The highest BCUT2D eigenvalue weighted by Gasteiger charge is 2.42. The summed E-state index contributed by atoms with van der Waals surface area (Å²) in [6.07, 6.45) is 6.39. The Labute approximate surface area is 189 Å². The Bertz CT molecular complexity index is 990. The number of aromatic nitrogens is 2. The van der Waals surface area contributed by atoms with Crippen LogP contribution in [0.15, 0.2) is 24.3 Å². The molecule has 3 aliphatic rings. The number of benzene rings is 1. The smallest absolute Gasteiger partial charge is 0.219 e. The molecule has 0 saturated carbocycles. The van der Waals surface area contributed by atoms with Gasteiger partial charge in [0.1, 0.15) is 11.6 Å². The van der Waals surface area contributed by atoms with E-state index in [1.807, 2.05) is 11.0 Å². The van der Waals surface area contributed by atoms with Crippen LogP contribution in [0.1, 0.15) is 73.9 Å². The molecule has 0 spiro atoms. The van der Waals surface area contributed by atoms with Gasteiger partial charge in [-0.05, 0) is 56.7 Å². The van der Waals surface area contributed by atoms with Crippen molar-refractivity contribution >= 4 is 5.91 Å². The third-order valence-electron chi connectivity index (χ3n) is 7.87. The summed E-state index contributed by atoms with van der Waals surface area (Å²) >= 11 is 0. The first-order valence-corrected chi connectivity index (χ1v) is 12.0. The van der Waals surface area contributed by atoms with E-state index in [0.717, 1.165) is 50.2 Å². The monoisotopic (exact) mass is 439 g/mol. The fourth-order valence-corrected chi connectivity index (χ4v) is 6.28. The van der Waals surface area contributed by atoms with Gasteiger partial charge in [0, 0.05) is 50.6 Å². The number of fused-ring (bicyclic) bond motifs is 3. The van der Waals surface area contributed by atoms with E-state index in [9.17, 15) is 9.18 Å². The van der Waals surface area contributed by atoms with Gasteiger partial charge in [-0.25, -0.2) is 9.37 Å². The summed E-state index contributed by atoms with van der Waals surface area (Å²) in [5.41, 5.74) is 9.69. The number of nitrogens with two attached hydrogens (primary N) is 1. The third kappa shape index (κ3) is 3.97. The Morgan fingerprint density at radius 1 is 1.25 bits per heavy atom. The summed E-state index contributed by atoms with van der Waals surface area (Å²) in [7, 11) is 0. The first-order chi connectivity index (χ1) is 15.4. The first-order valence-electron chi connectivity index (χ1n) is 12.0. The highest BCUT2D eigenvalue weighted by molar-refractivity contribution is 5.73. The summed E-state index contributed by atoms with van der Waals surface area (Å²) in [5.74, 6) is 1.01. The van der Waals surface area contributed by atoms with Crippen LogP contribution in [0.3, 0.4) is 0 Å². The summed E-state index contributed by atoms with van der Waals surface area (Å²) < 4.78 is 16.0. The van der Waals surface area contributed by atoms with Crippen molar-refractivity contribution in [3.63, 3.8) is 0 Å². The Morgan fingerprint density at radius 2 is 2.00 bits per heavy atom. The van der Waals surface area contributed by atoms with Gasteiger partial charge >= 0.3 is 0 Å². The zero-order valence-electron chi connectivity index (χ0n) is 19.1. The Morgan fingerprint density at radius 3 is 2.69 bits per heavy atom. The van der Waals surface area contributed by atoms with Gasteiger partial charge in [-0.3, -0.25) is 9.69 Å². The second-order valence-electron chi connectivity index (χ2n) is 9.81. The minimum absolute atomic E-state index is 0.136. The third-order valence-corrected chi connectivity index (χ3v) is 7.87. The maximum Gasteiger partial charge on any atom is 0.219 e. The number of hydrogen-bond donors (Lipinski definition) is 1. The number of piperidine rings is 1. The molecule has 1 amide bonds. The van der Waals surface area contributed by atoms with E-state index in [2.05, 4.69) is 16.4 Å². The van der Waals surface area contributed by atoms with Crippen LogP contribution >= 0.6 is 0 Å². The van der Waals surface area contributed by atoms with Crippen molar-refractivity contribution in [1.29, 1.82) is 0 Å². The van der Waals surface area contributed by atoms with Crippen LogP contribution in [0.25, 0.3) is 0 Å². The van der Waals surface area contributed by atoms with Gasteiger partial charge in [-0.1, -0.05) is 12.1 Å². The molecule has 0 radical (unpaired) electrons. The molecule has 6 nitrogen and oxygen atoms in total. The molecular formula is C25H34FN5O. The lowest BCUT2D eigenvalue weighted by Crippen LogP contribution is -2.45. The largest absolute Gasteiger partial charge is 0.337 e. The van der Waals surface area contributed by atoms with Gasteiger partial charge in [0.05, 0.1) is 17.9 Å². The van der Waals surface area contributed by atoms with Crippen molar-refractivity contribution in [3.8, 4) is 0 Å². The molecule has 5 rings (SSSR count). The normalized spacial score (nSPS) is 26.2. The molecule has 4 heterocycles. The molecule has 2 bridgehead atoms. The average molecular weight is 440 g/mol. The molecule has 2 aromatic rings. The fraction of sp³-hybridized carbons (Fsp3) is 0.600. The molecule has 2 fully saturated rings. The molecule has 32 heavy (non-hydrogen) atoms. The van der Waals surface area contributed by atoms with E-state index in [0.29, 0.717) is 24.7 Å². The zero-order chi connectivity index (χ0) is 22.4. The van der Waals surface area contributed by atoms with Crippen LogP contribution in [0.5, 0.6) is 0 Å². The van der Waals surface area contributed by atoms with Crippen molar-refractivity contribution in [1.82, 2.24) is 19.4 Å². The quantitative estimate of drug-likeness (QED) is 0.774. The van der Waals surface area contributed by atoms with Gasteiger partial charge < -0.3 is 15.2 Å². The Kier molecular flexibility index (Phi) is 5.80. The van der Waals surface area contributed by atoms with Crippen LogP contribution in [-0.4, -0.2) is 50.4 Å². The fourth-order valence-electron chi connectivity index (χ4n) is 6.28. The molecule has 1 aromatic heterocycles. The summed E-state index contributed by atoms with van der Waals surface area (Å²) in [6.45, 7) is 6.19. The van der Waals surface area contributed by atoms with E-state index in [4.69, 9.17) is 10.7 Å². The van der Waals surface area contributed by atoms with Crippen LogP contribution in [0.4, 0.5) is 4.39 Å². The lowest BCUT2D eigenvalue weighted by Gasteiger charge is -2.41. The molecule has 172 valence electrons. The predicted molar refractivity (Wildman–Crippen MR) is 121 cm³/mol. The van der Waals surface area contributed by atoms with Crippen LogP contribution in [0, 0.1) is 12.7 Å². The molecule has 3 aliphatic heterocycles. The molecule has 1 unspecified atom stereocenters. The van der Waals surface area contributed by atoms with Crippen LogP contribution in [0.2, 0.25) is 0 Å².